The Balaban J connectivity index is 2.06. The first-order valence-corrected chi connectivity index (χ1v) is 6.23. The number of ether oxygens (including phenoxy) is 1. The second kappa shape index (κ2) is 3.68. The van der Waals surface area contributed by atoms with Gasteiger partial charge >= 0.3 is 0 Å². The molecule has 1 saturated heterocycles. The summed E-state index contributed by atoms with van der Waals surface area (Å²) in [6.45, 7) is 5.58. The summed E-state index contributed by atoms with van der Waals surface area (Å²) >= 11 is 6.25. The molecular weight excluding hydrogens is 196 g/mol. The Bertz CT molecular complexity index is 210. The molecule has 14 heavy (non-hydrogen) atoms. The van der Waals surface area contributed by atoms with E-state index in [2.05, 4.69) is 13.8 Å². The fourth-order valence-corrected chi connectivity index (χ4v) is 3.57. The molecule has 1 spiro atoms. The lowest BCUT2D eigenvalue weighted by Gasteiger charge is -2.47. The van der Waals surface area contributed by atoms with Gasteiger partial charge in [-0.05, 0) is 37.5 Å². The molecule has 2 rings (SSSR count). The van der Waals surface area contributed by atoms with Gasteiger partial charge in [-0.1, -0.05) is 20.3 Å². The van der Waals surface area contributed by atoms with E-state index in [1.807, 2.05) is 0 Å². The van der Waals surface area contributed by atoms with E-state index >= 15 is 0 Å². The monoisotopic (exact) mass is 216 g/mol. The molecule has 1 heterocycles. The van der Waals surface area contributed by atoms with Crippen molar-refractivity contribution in [3.63, 3.8) is 0 Å². The normalized spacial score (nSPS) is 42.6. The molecule has 2 unspecified atom stereocenters. The van der Waals surface area contributed by atoms with Crippen molar-refractivity contribution in [3.05, 3.63) is 0 Å². The fourth-order valence-electron chi connectivity index (χ4n) is 3.20. The highest BCUT2D eigenvalue weighted by molar-refractivity contribution is 6.20. The van der Waals surface area contributed by atoms with Crippen molar-refractivity contribution in [2.24, 2.45) is 5.41 Å². The Morgan fingerprint density at radius 3 is 2.71 bits per heavy atom. The van der Waals surface area contributed by atoms with E-state index in [1.165, 1.54) is 25.7 Å². The number of hydrogen-bond acceptors (Lipinski definition) is 1. The summed E-state index contributed by atoms with van der Waals surface area (Å²) < 4.78 is 6.03. The highest BCUT2D eigenvalue weighted by atomic mass is 35.5. The van der Waals surface area contributed by atoms with Crippen molar-refractivity contribution in [1.82, 2.24) is 0 Å². The van der Waals surface area contributed by atoms with Gasteiger partial charge in [0.05, 0.1) is 5.60 Å². The SMILES string of the molecule is CC1(C)CCCC2(CC(Cl)CCO2)C1. The molecular formula is C12H21ClO. The molecule has 1 saturated carbocycles. The van der Waals surface area contributed by atoms with E-state index < -0.39 is 0 Å². The van der Waals surface area contributed by atoms with Crippen molar-refractivity contribution >= 4 is 11.6 Å². The molecule has 82 valence electrons. The number of halogens is 1. The van der Waals surface area contributed by atoms with Gasteiger partial charge in [-0.25, -0.2) is 0 Å². The van der Waals surface area contributed by atoms with E-state index in [9.17, 15) is 0 Å². The van der Waals surface area contributed by atoms with Crippen LogP contribution in [0.3, 0.4) is 0 Å². The molecule has 2 fully saturated rings. The van der Waals surface area contributed by atoms with Crippen LogP contribution in [-0.2, 0) is 4.74 Å². The van der Waals surface area contributed by atoms with Crippen LogP contribution < -0.4 is 0 Å². The van der Waals surface area contributed by atoms with Gasteiger partial charge in [0, 0.05) is 12.0 Å². The van der Waals surface area contributed by atoms with Crippen molar-refractivity contribution in [2.45, 2.75) is 63.4 Å². The molecule has 2 aliphatic rings. The van der Waals surface area contributed by atoms with E-state index in [4.69, 9.17) is 16.3 Å². The standard InChI is InChI=1S/C12H21ClO/c1-11(2)5-3-6-12(9-11)8-10(13)4-7-14-12/h10H,3-9H2,1-2H3. The largest absolute Gasteiger partial charge is 0.375 e. The second-order valence-corrected chi connectivity index (χ2v) is 6.43. The predicted molar refractivity (Wildman–Crippen MR) is 59.8 cm³/mol. The second-order valence-electron chi connectivity index (χ2n) is 5.82. The average molecular weight is 217 g/mol. The molecule has 1 aliphatic carbocycles. The molecule has 2 heteroatoms. The summed E-state index contributed by atoms with van der Waals surface area (Å²) in [5, 5.41) is 0.345. The van der Waals surface area contributed by atoms with Crippen molar-refractivity contribution < 1.29 is 4.74 Å². The maximum absolute atomic E-state index is 6.25. The first kappa shape index (κ1) is 10.8. The van der Waals surface area contributed by atoms with Gasteiger partial charge < -0.3 is 4.74 Å². The molecule has 0 bridgehead atoms. The predicted octanol–water partition coefficient (Wildman–Crippen LogP) is 3.74. The first-order chi connectivity index (χ1) is 6.52. The topological polar surface area (TPSA) is 9.23 Å². The molecule has 2 atom stereocenters. The summed E-state index contributed by atoms with van der Waals surface area (Å²) in [6.07, 6.45) is 7.16. The van der Waals surface area contributed by atoms with Crippen LogP contribution >= 0.6 is 11.6 Å². The van der Waals surface area contributed by atoms with Crippen LogP contribution in [0, 0.1) is 5.41 Å². The van der Waals surface area contributed by atoms with Gasteiger partial charge in [0.2, 0.25) is 0 Å². The third-order valence-electron chi connectivity index (χ3n) is 3.72. The summed E-state index contributed by atoms with van der Waals surface area (Å²) in [7, 11) is 0. The van der Waals surface area contributed by atoms with Gasteiger partial charge in [0.25, 0.3) is 0 Å². The molecule has 0 aromatic heterocycles. The Morgan fingerprint density at radius 1 is 1.29 bits per heavy atom. The molecule has 0 amide bonds. The zero-order valence-electron chi connectivity index (χ0n) is 9.31. The summed E-state index contributed by atoms with van der Waals surface area (Å²) in [5.41, 5.74) is 0.582. The van der Waals surface area contributed by atoms with Crippen LogP contribution in [0.15, 0.2) is 0 Å². The summed E-state index contributed by atoms with van der Waals surface area (Å²) in [6, 6.07) is 0. The maximum atomic E-state index is 6.25. The van der Waals surface area contributed by atoms with Crippen LogP contribution in [-0.4, -0.2) is 17.6 Å². The van der Waals surface area contributed by atoms with E-state index in [1.54, 1.807) is 0 Å². The smallest absolute Gasteiger partial charge is 0.0701 e. The Kier molecular flexibility index (Phi) is 2.83. The molecule has 1 aliphatic heterocycles. The fraction of sp³-hybridized carbons (Fsp3) is 1.00. The van der Waals surface area contributed by atoms with Gasteiger partial charge in [-0.2, -0.15) is 0 Å². The van der Waals surface area contributed by atoms with Crippen molar-refractivity contribution in [2.75, 3.05) is 6.61 Å². The minimum atomic E-state index is 0.131. The Hall–Kier alpha value is 0.250. The lowest BCUT2D eigenvalue weighted by atomic mass is 9.67. The third-order valence-corrected chi connectivity index (χ3v) is 4.09. The van der Waals surface area contributed by atoms with Crippen molar-refractivity contribution in [1.29, 1.82) is 0 Å². The molecule has 0 radical (unpaired) electrons. The lowest BCUT2D eigenvalue weighted by molar-refractivity contribution is -0.122. The van der Waals surface area contributed by atoms with E-state index in [0.29, 0.717) is 10.8 Å². The summed E-state index contributed by atoms with van der Waals surface area (Å²) in [4.78, 5) is 0. The van der Waals surface area contributed by atoms with E-state index in [-0.39, 0.29) is 5.60 Å². The number of alkyl halides is 1. The number of hydrogen-bond donors (Lipinski definition) is 0. The quantitative estimate of drug-likeness (QED) is 0.561. The lowest BCUT2D eigenvalue weighted by Crippen LogP contribution is -2.46. The van der Waals surface area contributed by atoms with Gasteiger partial charge in [0.15, 0.2) is 0 Å². The number of rotatable bonds is 0. The highest BCUT2D eigenvalue weighted by Gasteiger charge is 2.43. The van der Waals surface area contributed by atoms with Crippen LogP contribution in [0.2, 0.25) is 0 Å². The maximum Gasteiger partial charge on any atom is 0.0701 e. The van der Waals surface area contributed by atoms with Crippen LogP contribution in [0.4, 0.5) is 0 Å². The molecule has 0 aromatic carbocycles. The minimum absolute atomic E-state index is 0.131. The van der Waals surface area contributed by atoms with Crippen LogP contribution in [0.5, 0.6) is 0 Å². The average Bonchev–Trinajstić information content (AvgIpc) is 2.00. The Morgan fingerprint density at radius 2 is 2.07 bits per heavy atom. The first-order valence-electron chi connectivity index (χ1n) is 5.80. The van der Waals surface area contributed by atoms with Crippen molar-refractivity contribution in [3.8, 4) is 0 Å². The minimum Gasteiger partial charge on any atom is -0.375 e. The molecule has 1 nitrogen and oxygen atoms in total. The van der Waals surface area contributed by atoms with E-state index in [0.717, 1.165) is 19.4 Å². The zero-order valence-corrected chi connectivity index (χ0v) is 10.1. The highest BCUT2D eigenvalue weighted by Crippen LogP contribution is 2.47. The van der Waals surface area contributed by atoms with Crippen LogP contribution in [0.25, 0.3) is 0 Å². The molecule has 0 N–H and O–H groups in total. The Labute approximate surface area is 92.2 Å². The van der Waals surface area contributed by atoms with Gasteiger partial charge in [-0.3, -0.25) is 0 Å². The van der Waals surface area contributed by atoms with Gasteiger partial charge in [-0.15, -0.1) is 11.6 Å². The zero-order chi connectivity index (χ0) is 10.2. The van der Waals surface area contributed by atoms with Gasteiger partial charge in [0.1, 0.15) is 0 Å². The summed E-state index contributed by atoms with van der Waals surface area (Å²) in [5.74, 6) is 0. The third kappa shape index (κ3) is 2.25. The molecule has 0 aromatic rings. The van der Waals surface area contributed by atoms with Crippen LogP contribution in [0.1, 0.15) is 52.4 Å².